The van der Waals surface area contributed by atoms with Crippen molar-refractivity contribution in [3.8, 4) is 0 Å². The number of carboxylic acid groups (broad SMARTS) is 1. The number of carbonyl (C=O) groups is 1. The van der Waals surface area contributed by atoms with E-state index in [9.17, 15) is 4.79 Å². The molecule has 0 aromatic carbocycles. The molecule has 1 aliphatic rings. The molecule has 1 fully saturated rings. The molecule has 4 heteroatoms. The van der Waals surface area contributed by atoms with Crippen LogP contribution in [0.2, 0.25) is 0 Å². The van der Waals surface area contributed by atoms with Gasteiger partial charge in [-0.3, -0.25) is 4.90 Å². The van der Waals surface area contributed by atoms with Crippen LogP contribution < -0.4 is 0 Å². The summed E-state index contributed by atoms with van der Waals surface area (Å²) in [6.07, 6.45) is 2.53. The minimum absolute atomic E-state index is 0.498. The van der Waals surface area contributed by atoms with E-state index in [0.717, 1.165) is 31.1 Å². The van der Waals surface area contributed by atoms with Crippen LogP contribution in [0.4, 0.5) is 0 Å². The normalized spacial score (nSPS) is 22.2. The predicted molar refractivity (Wildman–Crippen MR) is 65.0 cm³/mol. The van der Waals surface area contributed by atoms with E-state index in [0.29, 0.717) is 4.88 Å². The number of likely N-dealkylation sites (tertiary alicyclic amines) is 1. The van der Waals surface area contributed by atoms with Crippen molar-refractivity contribution < 1.29 is 9.90 Å². The standard InChI is InChI=1S/C12H17NO2S/c1-9-3-2-5-13(7-9)8-10-4-6-16-11(10)12(14)15/h4,6,9H,2-3,5,7-8H2,1H3,(H,14,15). The van der Waals surface area contributed by atoms with Gasteiger partial charge in [0.2, 0.25) is 0 Å². The molecule has 3 nitrogen and oxygen atoms in total. The zero-order chi connectivity index (χ0) is 11.5. The molecule has 1 atom stereocenters. The van der Waals surface area contributed by atoms with Crippen LogP contribution in [-0.4, -0.2) is 29.1 Å². The SMILES string of the molecule is CC1CCCN(Cc2ccsc2C(=O)O)C1. The Bertz CT molecular complexity index is 375. The van der Waals surface area contributed by atoms with E-state index in [1.807, 2.05) is 11.4 Å². The molecule has 0 spiro atoms. The van der Waals surface area contributed by atoms with E-state index < -0.39 is 5.97 Å². The summed E-state index contributed by atoms with van der Waals surface area (Å²) < 4.78 is 0. The Labute approximate surface area is 99.7 Å². The van der Waals surface area contributed by atoms with Crippen molar-refractivity contribution in [3.63, 3.8) is 0 Å². The van der Waals surface area contributed by atoms with Crippen molar-refractivity contribution in [2.24, 2.45) is 5.92 Å². The highest BCUT2D eigenvalue weighted by molar-refractivity contribution is 7.12. The molecule has 0 radical (unpaired) electrons. The third kappa shape index (κ3) is 2.62. The molecule has 2 rings (SSSR count). The lowest BCUT2D eigenvalue weighted by Crippen LogP contribution is -2.33. The Morgan fingerprint density at radius 2 is 2.50 bits per heavy atom. The van der Waals surface area contributed by atoms with Crippen molar-refractivity contribution in [2.45, 2.75) is 26.3 Å². The van der Waals surface area contributed by atoms with Gasteiger partial charge in [-0.15, -0.1) is 11.3 Å². The van der Waals surface area contributed by atoms with E-state index in [4.69, 9.17) is 5.11 Å². The highest BCUT2D eigenvalue weighted by atomic mass is 32.1. The fourth-order valence-corrected chi connectivity index (χ4v) is 3.07. The maximum Gasteiger partial charge on any atom is 0.346 e. The van der Waals surface area contributed by atoms with Gasteiger partial charge < -0.3 is 5.11 Å². The van der Waals surface area contributed by atoms with Gasteiger partial charge in [-0.05, 0) is 42.3 Å². The molecule has 2 heterocycles. The maximum absolute atomic E-state index is 11.0. The summed E-state index contributed by atoms with van der Waals surface area (Å²) in [5, 5.41) is 10.9. The highest BCUT2D eigenvalue weighted by Gasteiger charge is 2.19. The smallest absolute Gasteiger partial charge is 0.346 e. The minimum atomic E-state index is -0.796. The maximum atomic E-state index is 11.0. The topological polar surface area (TPSA) is 40.5 Å². The van der Waals surface area contributed by atoms with E-state index in [2.05, 4.69) is 11.8 Å². The molecule has 1 N–H and O–H groups in total. The second-order valence-corrected chi connectivity index (χ2v) is 5.48. The fourth-order valence-electron chi connectivity index (χ4n) is 2.32. The summed E-state index contributed by atoms with van der Waals surface area (Å²) in [4.78, 5) is 13.8. The lowest BCUT2D eigenvalue weighted by Gasteiger charge is -2.30. The van der Waals surface area contributed by atoms with Crippen LogP contribution in [0.3, 0.4) is 0 Å². The molecule has 0 aliphatic carbocycles. The summed E-state index contributed by atoms with van der Waals surface area (Å²) in [6.45, 7) is 5.24. The summed E-state index contributed by atoms with van der Waals surface area (Å²) in [5.74, 6) is -0.0595. The molecule has 1 aliphatic heterocycles. The molecule has 16 heavy (non-hydrogen) atoms. The first-order valence-electron chi connectivity index (χ1n) is 5.69. The number of hydrogen-bond donors (Lipinski definition) is 1. The second kappa shape index (κ2) is 4.97. The Balaban J connectivity index is 2.02. The van der Waals surface area contributed by atoms with Gasteiger partial charge in [0.15, 0.2) is 0 Å². The van der Waals surface area contributed by atoms with E-state index in [1.54, 1.807) is 0 Å². The first-order valence-corrected chi connectivity index (χ1v) is 6.57. The lowest BCUT2D eigenvalue weighted by atomic mass is 10.00. The van der Waals surface area contributed by atoms with Crippen molar-refractivity contribution in [2.75, 3.05) is 13.1 Å². The van der Waals surface area contributed by atoms with Crippen molar-refractivity contribution >= 4 is 17.3 Å². The number of aromatic carboxylic acids is 1. The number of rotatable bonds is 3. The first-order chi connectivity index (χ1) is 7.66. The molecule has 88 valence electrons. The van der Waals surface area contributed by atoms with Crippen molar-refractivity contribution in [1.29, 1.82) is 0 Å². The zero-order valence-corrected chi connectivity index (χ0v) is 10.3. The van der Waals surface area contributed by atoms with Crippen LogP contribution >= 0.6 is 11.3 Å². The van der Waals surface area contributed by atoms with Crippen LogP contribution in [0.15, 0.2) is 11.4 Å². The molecule has 1 unspecified atom stereocenters. The second-order valence-electron chi connectivity index (χ2n) is 4.56. The molecular formula is C12H17NO2S. The number of carboxylic acids is 1. The third-order valence-corrected chi connectivity index (χ3v) is 4.02. The summed E-state index contributed by atoms with van der Waals surface area (Å²) >= 11 is 1.32. The van der Waals surface area contributed by atoms with Gasteiger partial charge in [-0.2, -0.15) is 0 Å². The Kier molecular flexibility index (Phi) is 3.61. The number of piperidine rings is 1. The average Bonchev–Trinajstić information content (AvgIpc) is 2.66. The third-order valence-electron chi connectivity index (χ3n) is 3.08. The zero-order valence-electron chi connectivity index (χ0n) is 9.48. The van der Waals surface area contributed by atoms with E-state index >= 15 is 0 Å². The van der Waals surface area contributed by atoms with Crippen LogP contribution in [0.1, 0.15) is 35.0 Å². The monoisotopic (exact) mass is 239 g/mol. The van der Waals surface area contributed by atoms with Gasteiger partial charge in [0, 0.05) is 13.1 Å². The van der Waals surface area contributed by atoms with Gasteiger partial charge in [0.1, 0.15) is 4.88 Å². The summed E-state index contributed by atoms with van der Waals surface area (Å²) in [5.41, 5.74) is 0.964. The molecule has 0 bridgehead atoms. The Morgan fingerprint density at radius 1 is 1.69 bits per heavy atom. The van der Waals surface area contributed by atoms with E-state index in [1.165, 1.54) is 24.2 Å². The number of nitrogens with zero attached hydrogens (tertiary/aromatic N) is 1. The molecule has 1 aromatic heterocycles. The van der Waals surface area contributed by atoms with Gasteiger partial charge in [-0.1, -0.05) is 6.92 Å². The highest BCUT2D eigenvalue weighted by Crippen LogP contribution is 2.22. The first kappa shape index (κ1) is 11.6. The fraction of sp³-hybridized carbons (Fsp3) is 0.583. The van der Waals surface area contributed by atoms with Crippen molar-refractivity contribution in [3.05, 3.63) is 21.9 Å². The van der Waals surface area contributed by atoms with E-state index in [-0.39, 0.29) is 0 Å². The largest absolute Gasteiger partial charge is 0.477 e. The van der Waals surface area contributed by atoms with Gasteiger partial charge in [0.25, 0.3) is 0 Å². The molecule has 0 amide bonds. The Hall–Kier alpha value is -0.870. The van der Waals surface area contributed by atoms with Crippen LogP contribution in [0.5, 0.6) is 0 Å². The Morgan fingerprint density at radius 3 is 3.19 bits per heavy atom. The van der Waals surface area contributed by atoms with Crippen molar-refractivity contribution in [1.82, 2.24) is 4.90 Å². The molecule has 1 saturated heterocycles. The van der Waals surface area contributed by atoms with Crippen LogP contribution in [0.25, 0.3) is 0 Å². The molecule has 0 saturated carbocycles. The van der Waals surface area contributed by atoms with Crippen LogP contribution in [0, 0.1) is 5.92 Å². The summed E-state index contributed by atoms with van der Waals surface area (Å²) in [7, 11) is 0. The quantitative estimate of drug-likeness (QED) is 0.881. The van der Waals surface area contributed by atoms with Gasteiger partial charge >= 0.3 is 5.97 Å². The predicted octanol–water partition coefficient (Wildman–Crippen LogP) is 2.68. The van der Waals surface area contributed by atoms with Gasteiger partial charge in [-0.25, -0.2) is 4.79 Å². The molecule has 1 aromatic rings. The average molecular weight is 239 g/mol. The number of thiophene rings is 1. The minimum Gasteiger partial charge on any atom is -0.477 e. The summed E-state index contributed by atoms with van der Waals surface area (Å²) in [6, 6.07) is 1.94. The lowest BCUT2D eigenvalue weighted by molar-refractivity contribution is 0.0699. The molecular weight excluding hydrogens is 222 g/mol. The van der Waals surface area contributed by atoms with Crippen LogP contribution in [-0.2, 0) is 6.54 Å². The number of hydrogen-bond acceptors (Lipinski definition) is 3. The van der Waals surface area contributed by atoms with Gasteiger partial charge in [0.05, 0.1) is 0 Å².